The largest absolute Gasteiger partial charge is 0.478 e. The first-order valence-corrected chi connectivity index (χ1v) is 7.31. The van der Waals surface area contributed by atoms with Gasteiger partial charge in [-0.2, -0.15) is 0 Å². The van der Waals surface area contributed by atoms with Crippen LogP contribution in [-0.2, 0) is 0 Å². The lowest BCUT2D eigenvalue weighted by atomic mass is 10.1. The molecule has 19 heavy (non-hydrogen) atoms. The summed E-state index contributed by atoms with van der Waals surface area (Å²) in [6.07, 6.45) is 9.13. The molecule has 0 aliphatic carbocycles. The highest BCUT2D eigenvalue weighted by Gasteiger charge is 2.00. The van der Waals surface area contributed by atoms with Gasteiger partial charge in [-0.05, 0) is 30.7 Å². The van der Waals surface area contributed by atoms with E-state index in [1.807, 2.05) is 12.1 Å². The molecule has 1 rings (SSSR count). The summed E-state index contributed by atoms with van der Waals surface area (Å²) < 4.78 is 0. The zero-order valence-corrected chi connectivity index (χ0v) is 11.8. The van der Waals surface area contributed by atoms with Gasteiger partial charge in [-0.1, -0.05) is 45.4 Å². The maximum atomic E-state index is 10.7. The van der Waals surface area contributed by atoms with Crippen LogP contribution in [0.5, 0.6) is 0 Å². The van der Waals surface area contributed by atoms with Gasteiger partial charge in [0.05, 0.1) is 5.56 Å². The van der Waals surface area contributed by atoms with Crippen molar-refractivity contribution in [3.63, 3.8) is 0 Å². The molecule has 0 unspecified atom stereocenters. The van der Waals surface area contributed by atoms with Crippen LogP contribution in [0.1, 0.15) is 62.2 Å². The van der Waals surface area contributed by atoms with Gasteiger partial charge in [-0.25, -0.2) is 4.79 Å². The van der Waals surface area contributed by atoms with Gasteiger partial charge in [0.1, 0.15) is 0 Å². The van der Waals surface area contributed by atoms with E-state index in [0.29, 0.717) is 5.56 Å². The first kappa shape index (κ1) is 15.5. The predicted octanol–water partition coefficient (Wildman–Crippen LogP) is 4.55. The molecule has 0 atom stereocenters. The van der Waals surface area contributed by atoms with Crippen molar-refractivity contribution in [2.75, 3.05) is 11.9 Å². The van der Waals surface area contributed by atoms with Gasteiger partial charge in [0.15, 0.2) is 0 Å². The number of rotatable bonds is 10. The molecule has 0 saturated heterocycles. The highest BCUT2D eigenvalue weighted by molar-refractivity contribution is 5.87. The molecule has 0 radical (unpaired) electrons. The van der Waals surface area contributed by atoms with Gasteiger partial charge < -0.3 is 10.4 Å². The Morgan fingerprint density at radius 3 is 2.16 bits per heavy atom. The Hall–Kier alpha value is -1.51. The van der Waals surface area contributed by atoms with E-state index in [4.69, 9.17) is 5.11 Å². The van der Waals surface area contributed by atoms with Crippen LogP contribution in [0.2, 0.25) is 0 Å². The lowest BCUT2D eigenvalue weighted by Gasteiger charge is -2.06. The number of anilines is 1. The van der Waals surface area contributed by atoms with E-state index in [0.717, 1.165) is 12.2 Å². The molecule has 0 aromatic heterocycles. The van der Waals surface area contributed by atoms with Crippen molar-refractivity contribution in [2.24, 2.45) is 0 Å². The molecule has 0 saturated carbocycles. The second-order valence-electron chi connectivity index (χ2n) is 4.93. The lowest BCUT2D eigenvalue weighted by molar-refractivity contribution is 0.0697. The fraction of sp³-hybridized carbons (Fsp3) is 0.562. The van der Waals surface area contributed by atoms with Crippen molar-refractivity contribution in [2.45, 2.75) is 51.9 Å². The summed E-state index contributed by atoms with van der Waals surface area (Å²) in [7, 11) is 0. The molecule has 0 spiro atoms. The molecule has 1 aromatic carbocycles. The van der Waals surface area contributed by atoms with E-state index in [9.17, 15) is 4.79 Å². The predicted molar refractivity (Wildman–Crippen MR) is 79.9 cm³/mol. The van der Waals surface area contributed by atoms with Crippen LogP contribution >= 0.6 is 0 Å². The molecule has 3 nitrogen and oxygen atoms in total. The number of aromatic carboxylic acids is 1. The number of unbranched alkanes of at least 4 members (excludes halogenated alkanes) is 6. The minimum Gasteiger partial charge on any atom is -0.478 e. The molecule has 2 N–H and O–H groups in total. The number of nitrogens with one attached hydrogen (secondary N) is 1. The zero-order valence-electron chi connectivity index (χ0n) is 11.8. The quantitative estimate of drug-likeness (QED) is 0.609. The summed E-state index contributed by atoms with van der Waals surface area (Å²) in [4.78, 5) is 10.7. The summed E-state index contributed by atoms with van der Waals surface area (Å²) in [5.41, 5.74) is 1.33. The normalized spacial score (nSPS) is 10.4. The Morgan fingerprint density at radius 2 is 1.58 bits per heavy atom. The van der Waals surface area contributed by atoms with Crippen LogP contribution in [0.25, 0.3) is 0 Å². The van der Waals surface area contributed by atoms with E-state index in [1.54, 1.807) is 12.1 Å². The molecular weight excluding hydrogens is 238 g/mol. The monoisotopic (exact) mass is 263 g/mol. The van der Waals surface area contributed by atoms with Crippen molar-refractivity contribution >= 4 is 11.7 Å². The number of carbonyl (C=O) groups is 1. The molecule has 3 heteroatoms. The Balaban J connectivity index is 2.07. The number of hydrogen-bond acceptors (Lipinski definition) is 2. The van der Waals surface area contributed by atoms with Crippen LogP contribution in [0.4, 0.5) is 5.69 Å². The van der Waals surface area contributed by atoms with Crippen LogP contribution < -0.4 is 5.32 Å². The van der Waals surface area contributed by atoms with Crippen LogP contribution in [0.3, 0.4) is 0 Å². The summed E-state index contributed by atoms with van der Waals surface area (Å²) in [5, 5.41) is 12.1. The van der Waals surface area contributed by atoms with Gasteiger partial charge in [0, 0.05) is 12.2 Å². The third-order valence-electron chi connectivity index (χ3n) is 3.24. The number of carboxylic acids is 1. The summed E-state index contributed by atoms with van der Waals surface area (Å²) in [6, 6.07) is 6.92. The third-order valence-corrected chi connectivity index (χ3v) is 3.24. The molecule has 106 valence electrons. The Bertz CT molecular complexity index is 360. The molecule has 0 fully saturated rings. The van der Waals surface area contributed by atoms with Crippen LogP contribution in [0.15, 0.2) is 24.3 Å². The topological polar surface area (TPSA) is 49.3 Å². The molecule has 0 aliphatic heterocycles. The minimum absolute atomic E-state index is 0.335. The maximum Gasteiger partial charge on any atom is 0.335 e. The molecule has 0 amide bonds. The van der Waals surface area contributed by atoms with Gasteiger partial charge in [-0.15, -0.1) is 0 Å². The average Bonchev–Trinajstić information content (AvgIpc) is 2.42. The van der Waals surface area contributed by atoms with E-state index >= 15 is 0 Å². The fourth-order valence-corrected chi connectivity index (χ4v) is 2.05. The SMILES string of the molecule is CCCCCCCCCNc1ccc(C(=O)O)cc1. The fourth-order valence-electron chi connectivity index (χ4n) is 2.05. The van der Waals surface area contributed by atoms with Crippen molar-refractivity contribution in [3.05, 3.63) is 29.8 Å². The van der Waals surface area contributed by atoms with Gasteiger partial charge in [0.25, 0.3) is 0 Å². The Kier molecular flexibility index (Phi) is 7.71. The minimum atomic E-state index is -0.876. The lowest BCUT2D eigenvalue weighted by Crippen LogP contribution is -2.02. The Morgan fingerprint density at radius 1 is 1.00 bits per heavy atom. The molecular formula is C16H25NO2. The average molecular weight is 263 g/mol. The van der Waals surface area contributed by atoms with Crippen molar-refractivity contribution in [1.29, 1.82) is 0 Å². The maximum absolute atomic E-state index is 10.7. The van der Waals surface area contributed by atoms with Crippen LogP contribution in [-0.4, -0.2) is 17.6 Å². The standard InChI is InChI=1S/C16H25NO2/c1-2-3-4-5-6-7-8-13-17-15-11-9-14(10-12-15)16(18)19/h9-12,17H,2-8,13H2,1H3,(H,18,19). The van der Waals surface area contributed by atoms with E-state index in [2.05, 4.69) is 12.2 Å². The molecule has 1 aromatic rings. The van der Waals surface area contributed by atoms with Crippen molar-refractivity contribution in [1.82, 2.24) is 0 Å². The molecule has 0 heterocycles. The van der Waals surface area contributed by atoms with Gasteiger partial charge in [-0.3, -0.25) is 0 Å². The summed E-state index contributed by atoms with van der Waals surface area (Å²) in [6.45, 7) is 3.19. The van der Waals surface area contributed by atoms with Crippen LogP contribution in [0, 0.1) is 0 Å². The highest BCUT2D eigenvalue weighted by Crippen LogP contribution is 2.11. The highest BCUT2D eigenvalue weighted by atomic mass is 16.4. The van der Waals surface area contributed by atoms with Crippen molar-refractivity contribution < 1.29 is 9.90 Å². The third kappa shape index (κ3) is 6.85. The van der Waals surface area contributed by atoms with Gasteiger partial charge in [0.2, 0.25) is 0 Å². The second-order valence-corrected chi connectivity index (χ2v) is 4.93. The van der Waals surface area contributed by atoms with E-state index < -0.39 is 5.97 Å². The number of benzene rings is 1. The number of carboxylic acid groups (broad SMARTS) is 1. The van der Waals surface area contributed by atoms with Gasteiger partial charge >= 0.3 is 5.97 Å². The Labute approximate surface area is 116 Å². The smallest absolute Gasteiger partial charge is 0.335 e. The van der Waals surface area contributed by atoms with E-state index in [1.165, 1.54) is 44.9 Å². The summed E-state index contributed by atoms with van der Waals surface area (Å²) >= 11 is 0. The second kappa shape index (κ2) is 9.42. The summed E-state index contributed by atoms with van der Waals surface area (Å²) in [5.74, 6) is -0.876. The van der Waals surface area contributed by atoms with Crippen molar-refractivity contribution in [3.8, 4) is 0 Å². The van der Waals surface area contributed by atoms with E-state index in [-0.39, 0.29) is 0 Å². The first-order valence-electron chi connectivity index (χ1n) is 7.31. The number of hydrogen-bond donors (Lipinski definition) is 2. The molecule has 0 aliphatic rings. The molecule has 0 bridgehead atoms. The zero-order chi connectivity index (χ0) is 13.9. The first-order chi connectivity index (χ1) is 9.24.